The van der Waals surface area contributed by atoms with E-state index in [1.807, 2.05) is 0 Å². The summed E-state index contributed by atoms with van der Waals surface area (Å²) in [7, 11) is 0. The topological polar surface area (TPSA) is 70.0 Å². The summed E-state index contributed by atoms with van der Waals surface area (Å²) in [6.45, 7) is 3.51. The van der Waals surface area contributed by atoms with Crippen molar-refractivity contribution >= 4 is 6.09 Å². The Morgan fingerprint density at radius 1 is 1.53 bits per heavy atom. The van der Waals surface area contributed by atoms with Crippen molar-refractivity contribution in [2.24, 2.45) is 5.92 Å². The Bertz CT molecular complexity index is 330. The molecule has 1 fully saturated rings. The molecule has 0 aromatic heterocycles. The number of alkyl halides is 2. The van der Waals surface area contributed by atoms with Crippen LogP contribution in [0.25, 0.3) is 0 Å². The van der Waals surface area contributed by atoms with Crippen LogP contribution in [0, 0.1) is 5.92 Å². The summed E-state index contributed by atoms with van der Waals surface area (Å²) in [4.78, 5) is 12.7. The lowest BCUT2D eigenvalue weighted by Gasteiger charge is -2.24. The molecule has 2 unspecified atom stereocenters. The lowest BCUT2D eigenvalue weighted by atomic mass is 9.98. The van der Waals surface area contributed by atoms with Gasteiger partial charge >= 0.3 is 6.09 Å². The number of hydrogen-bond donors (Lipinski definition) is 2. The van der Waals surface area contributed by atoms with Crippen LogP contribution in [0.1, 0.15) is 27.2 Å². The van der Waals surface area contributed by atoms with Crippen LogP contribution in [-0.2, 0) is 4.74 Å². The van der Waals surface area contributed by atoms with E-state index in [4.69, 9.17) is 9.84 Å². The van der Waals surface area contributed by atoms with Crippen LogP contribution < -0.4 is 0 Å². The van der Waals surface area contributed by atoms with Gasteiger partial charge in [0.05, 0.1) is 19.3 Å². The molecule has 19 heavy (non-hydrogen) atoms. The maximum atomic E-state index is 13.7. The van der Waals surface area contributed by atoms with Crippen molar-refractivity contribution in [1.82, 2.24) is 4.90 Å². The van der Waals surface area contributed by atoms with Crippen LogP contribution in [0.2, 0.25) is 0 Å². The maximum Gasteiger partial charge on any atom is 0.410 e. The molecule has 1 amide bonds. The summed E-state index contributed by atoms with van der Waals surface area (Å²) < 4.78 is 32.4. The highest BCUT2D eigenvalue weighted by atomic mass is 19.3. The number of nitrogens with zero attached hydrogens (tertiary/aromatic N) is 1. The van der Waals surface area contributed by atoms with Crippen molar-refractivity contribution in [1.29, 1.82) is 0 Å². The highest BCUT2D eigenvalue weighted by Gasteiger charge is 2.50. The average Bonchev–Trinajstić information content (AvgIpc) is 2.52. The summed E-state index contributed by atoms with van der Waals surface area (Å²) in [5.74, 6) is -4.24. The van der Waals surface area contributed by atoms with Crippen molar-refractivity contribution in [3.8, 4) is 0 Å². The van der Waals surface area contributed by atoms with Gasteiger partial charge in [-0.15, -0.1) is 0 Å². The second kappa shape index (κ2) is 5.58. The fraction of sp³-hybridized carbons (Fsp3) is 0.917. The van der Waals surface area contributed by atoms with Gasteiger partial charge in [0.25, 0.3) is 5.92 Å². The van der Waals surface area contributed by atoms with E-state index in [-0.39, 0.29) is 13.0 Å². The molecule has 0 saturated carbocycles. The molecular formula is C12H21F2NO4. The molecule has 1 aliphatic heterocycles. The van der Waals surface area contributed by atoms with Crippen molar-refractivity contribution < 1.29 is 28.5 Å². The fourth-order valence-electron chi connectivity index (χ4n) is 1.96. The summed E-state index contributed by atoms with van der Waals surface area (Å²) in [6.07, 6.45) is -2.23. The quantitative estimate of drug-likeness (QED) is 0.816. The van der Waals surface area contributed by atoms with Gasteiger partial charge in [-0.05, 0) is 27.2 Å². The van der Waals surface area contributed by atoms with E-state index < -0.39 is 42.8 Å². The SMILES string of the molecule is CC(C)(C)OC(=O)N1CC(CC(O)CO)C(F)(F)C1. The molecule has 1 saturated heterocycles. The van der Waals surface area contributed by atoms with Crippen LogP contribution in [0.15, 0.2) is 0 Å². The maximum absolute atomic E-state index is 13.7. The molecule has 0 bridgehead atoms. The molecule has 0 aromatic carbocycles. The van der Waals surface area contributed by atoms with Crippen LogP contribution in [0.4, 0.5) is 13.6 Å². The zero-order valence-electron chi connectivity index (χ0n) is 11.4. The standard InChI is InChI=1S/C12H21F2NO4/c1-11(2,3)19-10(18)15-5-8(4-9(17)6-16)12(13,14)7-15/h8-9,16-17H,4-7H2,1-3H3. The van der Waals surface area contributed by atoms with Gasteiger partial charge in [-0.3, -0.25) is 0 Å². The lowest BCUT2D eigenvalue weighted by Crippen LogP contribution is -2.36. The zero-order chi connectivity index (χ0) is 14.8. The summed E-state index contributed by atoms with van der Waals surface area (Å²) in [5.41, 5.74) is -0.741. The first-order chi connectivity index (χ1) is 8.55. The molecule has 2 N–H and O–H groups in total. The second-order valence-electron chi connectivity index (χ2n) is 5.89. The molecule has 0 spiro atoms. The third-order valence-corrected chi connectivity index (χ3v) is 2.86. The minimum atomic E-state index is -3.08. The van der Waals surface area contributed by atoms with Gasteiger partial charge in [0, 0.05) is 12.5 Å². The van der Waals surface area contributed by atoms with Gasteiger partial charge in [-0.25, -0.2) is 13.6 Å². The van der Waals surface area contributed by atoms with Crippen molar-refractivity contribution in [3.63, 3.8) is 0 Å². The highest BCUT2D eigenvalue weighted by Crippen LogP contribution is 2.36. The number of aliphatic hydroxyl groups is 2. The zero-order valence-corrected chi connectivity index (χ0v) is 11.4. The van der Waals surface area contributed by atoms with E-state index in [0.717, 1.165) is 4.90 Å². The molecule has 0 radical (unpaired) electrons. The number of amides is 1. The van der Waals surface area contributed by atoms with E-state index in [1.54, 1.807) is 20.8 Å². The van der Waals surface area contributed by atoms with Crippen molar-refractivity contribution in [3.05, 3.63) is 0 Å². The van der Waals surface area contributed by atoms with Gasteiger partial charge in [-0.2, -0.15) is 0 Å². The average molecular weight is 281 g/mol. The summed E-state index contributed by atoms with van der Waals surface area (Å²) >= 11 is 0. The Morgan fingerprint density at radius 3 is 2.58 bits per heavy atom. The van der Waals surface area contributed by atoms with Crippen LogP contribution in [-0.4, -0.2) is 58.5 Å². The molecule has 0 aromatic rings. The highest BCUT2D eigenvalue weighted by molar-refractivity contribution is 5.68. The number of carbonyl (C=O) groups excluding carboxylic acids is 1. The van der Waals surface area contributed by atoms with E-state index in [9.17, 15) is 18.7 Å². The van der Waals surface area contributed by atoms with Gasteiger partial charge in [0.1, 0.15) is 5.60 Å². The molecule has 1 rings (SSSR count). The van der Waals surface area contributed by atoms with Gasteiger partial charge in [0.2, 0.25) is 0 Å². The number of hydrogen-bond acceptors (Lipinski definition) is 4. The molecular weight excluding hydrogens is 260 g/mol. The summed E-state index contributed by atoms with van der Waals surface area (Å²) in [5, 5.41) is 17.9. The van der Waals surface area contributed by atoms with Gasteiger partial charge in [-0.1, -0.05) is 0 Å². The predicted octanol–water partition coefficient (Wildman–Crippen LogP) is 1.23. The third kappa shape index (κ3) is 4.58. The number of aliphatic hydroxyl groups excluding tert-OH is 2. The predicted molar refractivity (Wildman–Crippen MR) is 64.0 cm³/mol. The van der Waals surface area contributed by atoms with Gasteiger partial charge < -0.3 is 19.8 Å². The number of likely N-dealkylation sites (tertiary alicyclic amines) is 1. The Balaban J connectivity index is 2.64. The molecule has 0 aliphatic carbocycles. The first kappa shape index (κ1) is 16.1. The molecule has 5 nitrogen and oxygen atoms in total. The molecule has 1 aliphatic rings. The van der Waals surface area contributed by atoms with E-state index in [0.29, 0.717) is 0 Å². The minimum Gasteiger partial charge on any atom is -0.444 e. The Morgan fingerprint density at radius 2 is 2.11 bits per heavy atom. The number of rotatable bonds is 3. The fourth-order valence-corrected chi connectivity index (χ4v) is 1.96. The van der Waals surface area contributed by atoms with E-state index in [1.165, 1.54) is 0 Å². The van der Waals surface area contributed by atoms with E-state index in [2.05, 4.69) is 0 Å². The number of halogens is 2. The first-order valence-electron chi connectivity index (χ1n) is 6.20. The number of carbonyl (C=O) groups is 1. The van der Waals surface area contributed by atoms with E-state index >= 15 is 0 Å². The van der Waals surface area contributed by atoms with Crippen molar-refractivity contribution in [2.75, 3.05) is 19.7 Å². The van der Waals surface area contributed by atoms with Crippen molar-refractivity contribution in [2.45, 2.75) is 44.8 Å². The summed E-state index contributed by atoms with van der Waals surface area (Å²) in [6, 6.07) is 0. The molecule has 7 heteroatoms. The van der Waals surface area contributed by atoms with Gasteiger partial charge in [0.15, 0.2) is 0 Å². The minimum absolute atomic E-state index is 0.182. The molecule has 112 valence electrons. The van der Waals surface area contributed by atoms with Crippen LogP contribution >= 0.6 is 0 Å². The smallest absolute Gasteiger partial charge is 0.410 e. The Hall–Kier alpha value is -0.950. The molecule has 1 heterocycles. The van der Waals surface area contributed by atoms with Crippen LogP contribution in [0.3, 0.4) is 0 Å². The molecule has 2 atom stereocenters. The monoisotopic (exact) mass is 281 g/mol. The Labute approximate surface area is 111 Å². The first-order valence-corrected chi connectivity index (χ1v) is 6.20. The number of ether oxygens (including phenoxy) is 1. The third-order valence-electron chi connectivity index (χ3n) is 2.86. The second-order valence-corrected chi connectivity index (χ2v) is 5.89. The van der Waals surface area contributed by atoms with Crippen LogP contribution in [0.5, 0.6) is 0 Å². The Kier molecular flexibility index (Phi) is 4.73. The normalized spacial score (nSPS) is 24.4. The lowest BCUT2D eigenvalue weighted by molar-refractivity contribution is -0.0478. The largest absolute Gasteiger partial charge is 0.444 e.